The zero-order chi connectivity index (χ0) is 16.3. The number of benzene rings is 1. The Balaban J connectivity index is 2.37. The number of nitrogens with zero attached hydrogens (tertiary/aromatic N) is 1. The Labute approximate surface area is 138 Å². The molecule has 1 atom stereocenters. The van der Waals surface area contributed by atoms with Crippen LogP contribution in [0.15, 0.2) is 10.5 Å². The molecule has 1 saturated heterocycles. The fourth-order valence-corrected chi connectivity index (χ4v) is 3.38. The first kappa shape index (κ1) is 16.9. The average Bonchev–Trinajstić information content (AvgIpc) is 2.96. The summed E-state index contributed by atoms with van der Waals surface area (Å²) in [5, 5.41) is 9.29. The lowest BCUT2D eigenvalue weighted by Crippen LogP contribution is -2.35. The normalized spacial score (nSPS) is 18.3. The molecule has 0 spiro atoms. The molecule has 0 amide bonds. The summed E-state index contributed by atoms with van der Waals surface area (Å²) in [5.41, 5.74) is 0.905. The maximum absolute atomic E-state index is 11.3. The molecule has 122 valence electrons. The van der Waals surface area contributed by atoms with Crippen LogP contribution >= 0.6 is 15.9 Å². The van der Waals surface area contributed by atoms with E-state index >= 15 is 0 Å². The minimum atomic E-state index is -0.777. The molecule has 0 radical (unpaired) electrons. The predicted molar refractivity (Wildman–Crippen MR) is 84.9 cm³/mol. The summed E-state index contributed by atoms with van der Waals surface area (Å²) in [7, 11) is 4.67. The monoisotopic (exact) mass is 373 g/mol. The summed E-state index contributed by atoms with van der Waals surface area (Å²) in [6.45, 7) is 1.27. The summed E-state index contributed by atoms with van der Waals surface area (Å²) >= 11 is 3.53. The summed E-state index contributed by atoms with van der Waals surface area (Å²) in [4.78, 5) is 13.3. The van der Waals surface area contributed by atoms with Crippen LogP contribution in [0.5, 0.6) is 17.2 Å². The van der Waals surface area contributed by atoms with Crippen molar-refractivity contribution < 1.29 is 24.1 Å². The van der Waals surface area contributed by atoms with Crippen molar-refractivity contribution in [2.24, 2.45) is 0 Å². The van der Waals surface area contributed by atoms with Gasteiger partial charge in [-0.25, -0.2) is 0 Å². The van der Waals surface area contributed by atoms with Crippen LogP contribution in [0.3, 0.4) is 0 Å². The predicted octanol–water partition coefficient (Wildman–Crippen LogP) is 2.52. The van der Waals surface area contributed by atoms with Crippen molar-refractivity contribution in [2.75, 3.05) is 27.9 Å². The van der Waals surface area contributed by atoms with E-state index in [2.05, 4.69) is 15.9 Å². The van der Waals surface area contributed by atoms with Gasteiger partial charge in [0.2, 0.25) is 5.75 Å². The molecule has 2 rings (SSSR count). The van der Waals surface area contributed by atoms with Gasteiger partial charge in [0.15, 0.2) is 11.5 Å². The third-order valence-electron chi connectivity index (χ3n) is 3.87. The van der Waals surface area contributed by atoms with E-state index in [9.17, 15) is 9.90 Å². The van der Waals surface area contributed by atoms with Crippen molar-refractivity contribution in [3.8, 4) is 17.2 Å². The summed E-state index contributed by atoms with van der Waals surface area (Å²) < 4.78 is 16.8. The van der Waals surface area contributed by atoms with Gasteiger partial charge in [-0.2, -0.15) is 0 Å². The Kier molecular flexibility index (Phi) is 5.52. The number of likely N-dealkylation sites (tertiary alicyclic amines) is 1. The molecule has 1 aliphatic rings. The second kappa shape index (κ2) is 7.19. The smallest absolute Gasteiger partial charge is 0.320 e. The molecule has 6 nitrogen and oxygen atoms in total. The van der Waals surface area contributed by atoms with Crippen molar-refractivity contribution in [3.63, 3.8) is 0 Å². The molecule has 0 saturated carbocycles. The van der Waals surface area contributed by atoms with Gasteiger partial charge in [0.25, 0.3) is 0 Å². The van der Waals surface area contributed by atoms with E-state index in [4.69, 9.17) is 14.2 Å². The van der Waals surface area contributed by atoms with E-state index in [1.54, 1.807) is 21.3 Å². The molecule has 0 aromatic heterocycles. The SMILES string of the molecule is COc1cc(CN2CCCC2C(=O)O)c(Br)c(OC)c1OC. The molecule has 1 aliphatic heterocycles. The summed E-state index contributed by atoms with van der Waals surface area (Å²) in [6, 6.07) is 1.41. The number of carboxylic acid groups (broad SMARTS) is 1. The van der Waals surface area contributed by atoms with Gasteiger partial charge in [-0.3, -0.25) is 9.69 Å². The molecule has 1 unspecified atom stereocenters. The third kappa shape index (κ3) is 3.15. The molecule has 0 aliphatic carbocycles. The lowest BCUT2D eigenvalue weighted by Gasteiger charge is -2.23. The van der Waals surface area contributed by atoms with Gasteiger partial charge < -0.3 is 19.3 Å². The lowest BCUT2D eigenvalue weighted by atomic mass is 10.1. The molecule has 1 N–H and O–H groups in total. The maximum atomic E-state index is 11.3. The van der Waals surface area contributed by atoms with E-state index in [1.807, 2.05) is 11.0 Å². The van der Waals surface area contributed by atoms with E-state index in [1.165, 1.54) is 0 Å². The fourth-order valence-electron chi connectivity index (χ4n) is 2.80. The maximum Gasteiger partial charge on any atom is 0.320 e. The van der Waals surface area contributed by atoms with Crippen molar-refractivity contribution in [3.05, 3.63) is 16.1 Å². The van der Waals surface area contributed by atoms with Gasteiger partial charge >= 0.3 is 5.97 Å². The lowest BCUT2D eigenvalue weighted by molar-refractivity contribution is -0.142. The number of hydrogen-bond acceptors (Lipinski definition) is 5. The first-order valence-electron chi connectivity index (χ1n) is 6.97. The minimum Gasteiger partial charge on any atom is -0.493 e. The highest BCUT2D eigenvalue weighted by atomic mass is 79.9. The summed E-state index contributed by atoms with van der Waals surface area (Å²) in [5.74, 6) is 0.837. The van der Waals surface area contributed by atoms with Gasteiger partial charge in [-0.1, -0.05) is 0 Å². The van der Waals surface area contributed by atoms with Crippen LogP contribution in [-0.2, 0) is 11.3 Å². The van der Waals surface area contributed by atoms with Crippen LogP contribution in [0, 0.1) is 0 Å². The van der Waals surface area contributed by atoms with Crippen molar-refractivity contribution in [1.82, 2.24) is 4.90 Å². The van der Waals surface area contributed by atoms with Crippen LogP contribution in [-0.4, -0.2) is 49.9 Å². The second-order valence-electron chi connectivity index (χ2n) is 5.09. The number of rotatable bonds is 6. The Hall–Kier alpha value is -1.47. The van der Waals surface area contributed by atoms with Gasteiger partial charge in [0.1, 0.15) is 6.04 Å². The number of carboxylic acids is 1. The van der Waals surface area contributed by atoms with Crippen LogP contribution in [0.4, 0.5) is 0 Å². The van der Waals surface area contributed by atoms with Crippen LogP contribution < -0.4 is 14.2 Å². The highest BCUT2D eigenvalue weighted by molar-refractivity contribution is 9.10. The minimum absolute atomic E-state index is 0.439. The number of methoxy groups -OCH3 is 3. The fraction of sp³-hybridized carbons (Fsp3) is 0.533. The average molecular weight is 374 g/mol. The third-order valence-corrected chi connectivity index (χ3v) is 4.74. The molecule has 1 aromatic rings. The molecule has 22 heavy (non-hydrogen) atoms. The number of aliphatic carboxylic acids is 1. The van der Waals surface area contributed by atoms with Gasteiger partial charge in [0.05, 0.1) is 25.8 Å². The Morgan fingerprint density at radius 3 is 2.55 bits per heavy atom. The molecule has 1 heterocycles. The molecular weight excluding hydrogens is 354 g/mol. The van der Waals surface area contributed by atoms with Crippen molar-refractivity contribution >= 4 is 21.9 Å². The zero-order valence-electron chi connectivity index (χ0n) is 12.9. The number of ether oxygens (including phenoxy) is 3. The molecule has 0 bridgehead atoms. The quantitative estimate of drug-likeness (QED) is 0.826. The Morgan fingerprint density at radius 2 is 2.00 bits per heavy atom. The van der Waals surface area contributed by atoms with E-state index in [0.717, 1.165) is 23.0 Å². The Bertz CT molecular complexity index is 563. The standard InChI is InChI=1S/C15H20BrNO5/c1-20-11-7-9(12(16)14(22-3)13(11)21-2)8-17-6-4-5-10(17)15(18)19/h7,10H,4-6,8H2,1-3H3,(H,18,19). The molecule has 1 aromatic carbocycles. The van der Waals surface area contributed by atoms with Crippen LogP contribution in [0.25, 0.3) is 0 Å². The zero-order valence-corrected chi connectivity index (χ0v) is 14.5. The van der Waals surface area contributed by atoms with Crippen LogP contribution in [0.1, 0.15) is 18.4 Å². The number of halogens is 1. The first-order valence-corrected chi connectivity index (χ1v) is 7.77. The van der Waals surface area contributed by atoms with E-state index in [-0.39, 0.29) is 0 Å². The highest BCUT2D eigenvalue weighted by Gasteiger charge is 2.31. The van der Waals surface area contributed by atoms with Crippen LogP contribution in [0.2, 0.25) is 0 Å². The van der Waals surface area contributed by atoms with Gasteiger partial charge in [-0.05, 0) is 46.9 Å². The van der Waals surface area contributed by atoms with Crippen molar-refractivity contribution in [1.29, 1.82) is 0 Å². The van der Waals surface area contributed by atoms with Crippen molar-refractivity contribution in [2.45, 2.75) is 25.4 Å². The molecular formula is C15H20BrNO5. The highest BCUT2D eigenvalue weighted by Crippen LogP contribution is 2.45. The van der Waals surface area contributed by atoms with Gasteiger partial charge in [0, 0.05) is 6.54 Å². The van der Waals surface area contributed by atoms with Gasteiger partial charge in [-0.15, -0.1) is 0 Å². The molecule has 7 heteroatoms. The largest absolute Gasteiger partial charge is 0.493 e. The number of hydrogen-bond donors (Lipinski definition) is 1. The summed E-state index contributed by atoms with van der Waals surface area (Å²) in [6.07, 6.45) is 1.57. The first-order chi connectivity index (χ1) is 10.5. The second-order valence-corrected chi connectivity index (χ2v) is 5.88. The molecule has 1 fully saturated rings. The van der Waals surface area contributed by atoms with E-state index in [0.29, 0.717) is 30.2 Å². The van der Waals surface area contributed by atoms with E-state index < -0.39 is 12.0 Å². The number of carbonyl (C=O) groups is 1. The Morgan fingerprint density at radius 1 is 1.32 bits per heavy atom. The topological polar surface area (TPSA) is 68.2 Å².